The molecular formula is C17H21F3N2O4. The van der Waals surface area contributed by atoms with Crippen LogP contribution < -0.4 is 10.1 Å². The zero-order valence-electron chi connectivity index (χ0n) is 14.3. The van der Waals surface area contributed by atoms with Gasteiger partial charge in [-0.1, -0.05) is 6.92 Å². The minimum absolute atomic E-state index is 0.0862. The van der Waals surface area contributed by atoms with Crippen LogP contribution >= 0.6 is 0 Å². The third-order valence-corrected chi connectivity index (χ3v) is 4.12. The number of halogens is 3. The van der Waals surface area contributed by atoms with Gasteiger partial charge >= 0.3 is 18.2 Å². The maximum atomic E-state index is 12.5. The van der Waals surface area contributed by atoms with E-state index in [1.165, 1.54) is 17.0 Å². The van der Waals surface area contributed by atoms with Gasteiger partial charge in [0.15, 0.2) is 0 Å². The number of urea groups is 1. The molecule has 1 fully saturated rings. The number of carbonyl (C=O) groups excluding carboxylic acids is 1. The molecule has 9 heteroatoms. The van der Waals surface area contributed by atoms with E-state index in [2.05, 4.69) is 5.32 Å². The van der Waals surface area contributed by atoms with Crippen LogP contribution in [0.25, 0.3) is 0 Å². The molecule has 2 rings (SSSR count). The molecule has 1 aromatic rings. The molecule has 0 radical (unpaired) electrons. The highest BCUT2D eigenvalue weighted by atomic mass is 19.4. The smallest absolute Gasteiger partial charge is 0.416 e. The molecule has 0 aromatic heterocycles. The van der Waals surface area contributed by atoms with Crippen LogP contribution in [0.5, 0.6) is 5.75 Å². The van der Waals surface area contributed by atoms with Crippen molar-refractivity contribution in [1.29, 1.82) is 0 Å². The second-order valence-corrected chi connectivity index (χ2v) is 6.38. The number of carbonyl (C=O) groups is 2. The van der Waals surface area contributed by atoms with E-state index in [1.807, 2.05) is 6.92 Å². The number of hydrogen-bond donors (Lipinski definition) is 2. The molecule has 1 aromatic carbocycles. The lowest BCUT2D eigenvalue weighted by Crippen LogP contribution is -2.50. The molecule has 1 aliphatic rings. The maximum Gasteiger partial charge on any atom is 0.416 e. The fraction of sp³-hybridized carbons (Fsp3) is 0.529. The lowest BCUT2D eigenvalue weighted by Gasteiger charge is -2.34. The summed E-state index contributed by atoms with van der Waals surface area (Å²) in [5.74, 6) is -1.13. The van der Waals surface area contributed by atoms with Crippen molar-refractivity contribution in [1.82, 2.24) is 10.2 Å². The number of hydrogen-bond acceptors (Lipinski definition) is 3. The van der Waals surface area contributed by atoms with Crippen molar-refractivity contribution < 1.29 is 32.6 Å². The summed E-state index contributed by atoms with van der Waals surface area (Å²) in [5, 5.41) is 11.7. The molecule has 1 heterocycles. The van der Waals surface area contributed by atoms with Crippen LogP contribution in [0.15, 0.2) is 24.3 Å². The van der Waals surface area contributed by atoms with Gasteiger partial charge in [0.05, 0.1) is 18.0 Å². The number of rotatable bonds is 5. The van der Waals surface area contributed by atoms with Gasteiger partial charge in [0.2, 0.25) is 0 Å². The third kappa shape index (κ3) is 5.53. The molecule has 26 heavy (non-hydrogen) atoms. The van der Waals surface area contributed by atoms with Crippen molar-refractivity contribution in [3.63, 3.8) is 0 Å². The number of nitrogens with zero attached hydrogens (tertiary/aromatic N) is 1. The summed E-state index contributed by atoms with van der Waals surface area (Å²) >= 11 is 0. The molecule has 0 bridgehead atoms. The Morgan fingerprint density at radius 3 is 2.50 bits per heavy atom. The van der Waals surface area contributed by atoms with Crippen molar-refractivity contribution in [3.05, 3.63) is 29.8 Å². The SMILES string of the molecule is CC1CC(C(=O)O)CN(C(=O)NCCOc2ccc(C(F)(F)F)cc2)C1. The molecule has 2 atom stereocenters. The Balaban J connectivity index is 1.75. The Bertz CT molecular complexity index is 634. The minimum atomic E-state index is -4.40. The fourth-order valence-electron chi connectivity index (χ4n) is 2.88. The molecule has 0 spiro atoms. The van der Waals surface area contributed by atoms with Crippen LogP contribution in [0, 0.1) is 11.8 Å². The summed E-state index contributed by atoms with van der Waals surface area (Å²) in [4.78, 5) is 24.7. The van der Waals surface area contributed by atoms with Gasteiger partial charge in [0, 0.05) is 13.1 Å². The summed E-state index contributed by atoms with van der Waals surface area (Å²) < 4.78 is 42.7. The molecule has 0 saturated carbocycles. The first-order valence-corrected chi connectivity index (χ1v) is 8.22. The van der Waals surface area contributed by atoms with Gasteiger partial charge in [-0.2, -0.15) is 13.2 Å². The number of benzene rings is 1. The standard InChI is InChI=1S/C17H21F3N2O4/c1-11-8-12(15(23)24)10-22(9-11)16(25)21-6-7-26-14-4-2-13(3-5-14)17(18,19)20/h2-5,11-12H,6-10H2,1H3,(H,21,25)(H,23,24). The van der Waals surface area contributed by atoms with Crippen LogP contribution in [0.4, 0.5) is 18.0 Å². The van der Waals surface area contributed by atoms with Crippen molar-refractivity contribution >= 4 is 12.0 Å². The zero-order valence-corrected chi connectivity index (χ0v) is 14.3. The first kappa shape index (κ1) is 19.9. The molecule has 1 saturated heterocycles. The average Bonchev–Trinajstić information content (AvgIpc) is 2.57. The molecule has 0 aliphatic carbocycles. The number of carboxylic acids is 1. The quantitative estimate of drug-likeness (QED) is 0.777. The Morgan fingerprint density at radius 2 is 1.92 bits per heavy atom. The summed E-state index contributed by atoms with van der Waals surface area (Å²) in [5.41, 5.74) is -0.759. The van der Waals surface area contributed by atoms with Crippen LogP contribution in [-0.2, 0) is 11.0 Å². The second kappa shape index (κ2) is 8.29. The number of aliphatic carboxylic acids is 1. The highest BCUT2D eigenvalue weighted by Gasteiger charge is 2.32. The van der Waals surface area contributed by atoms with Gasteiger partial charge < -0.3 is 20.1 Å². The van der Waals surface area contributed by atoms with E-state index in [0.717, 1.165) is 12.1 Å². The Kier molecular flexibility index (Phi) is 6.33. The first-order valence-electron chi connectivity index (χ1n) is 8.22. The van der Waals surface area contributed by atoms with E-state index in [-0.39, 0.29) is 37.4 Å². The molecular weight excluding hydrogens is 353 g/mol. The van der Waals surface area contributed by atoms with Crippen LogP contribution in [0.2, 0.25) is 0 Å². The summed E-state index contributed by atoms with van der Waals surface area (Å²) in [6, 6.07) is 3.91. The molecule has 2 amide bonds. The molecule has 2 unspecified atom stereocenters. The van der Waals surface area contributed by atoms with E-state index >= 15 is 0 Å². The van der Waals surface area contributed by atoms with Gasteiger partial charge in [-0.3, -0.25) is 4.79 Å². The van der Waals surface area contributed by atoms with Crippen LogP contribution in [0.1, 0.15) is 18.9 Å². The lowest BCUT2D eigenvalue weighted by atomic mass is 9.91. The third-order valence-electron chi connectivity index (χ3n) is 4.12. The van der Waals surface area contributed by atoms with Crippen LogP contribution in [-0.4, -0.2) is 48.2 Å². The molecule has 1 aliphatic heterocycles. The summed E-state index contributed by atoms with van der Waals surface area (Å²) in [7, 11) is 0. The van der Waals surface area contributed by atoms with E-state index in [4.69, 9.17) is 9.84 Å². The van der Waals surface area contributed by atoms with E-state index in [1.54, 1.807) is 0 Å². The highest BCUT2D eigenvalue weighted by molar-refractivity contribution is 5.76. The number of alkyl halides is 3. The summed E-state index contributed by atoms with van der Waals surface area (Å²) in [6.45, 7) is 2.77. The van der Waals surface area contributed by atoms with Crippen molar-refractivity contribution in [2.24, 2.45) is 11.8 Å². The monoisotopic (exact) mass is 374 g/mol. The Hall–Kier alpha value is -2.45. The highest BCUT2D eigenvalue weighted by Crippen LogP contribution is 2.30. The summed E-state index contributed by atoms with van der Waals surface area (Å²) in [6.07, 6.45) is -3.86. The predicted octanol–water partition coefficient (Wildman–Crippen LogP) is 2.84. The number of ether oxygens (including phenoxy) is 1. The Labute approximate surface area is 148 Å². The van der Waals surface area contributed by atoms with Gasteiger partial charge in [-0.05, 0) is 36.6 Å². The normalized spacial score (nSPS) is 20.5. The van der Waals surface area contributed by atoms with Crippen molar-refractivity contribution in [2.75, 3.05) is 26.2 Å². The van der Waals surface area contributed by atoms with Gasteiger partial charge in [0.1, 0.15) is 12.4 Å². The first-order chi connectivity index (χ1) is 12.2. The molecule has 144 valence electrons. The zero-order chi connectivity index (χ0) is 19.3. The Morgan fingerprint density at radius 1 is 1.27 bits per heavy atom. The fourth-order valence-corrected chi connectivity index (χ4v) is 2.88. The average molecular weight is 374 g/mol. The number of amides is 2. The van der Waals surface area contributed by atoms with Crippen molar-refractivity contribution in [3.8, 4) is 5.75 Å². The van der Waals surface area contributed by atoms with Gasteiger partial charge in [-0.25, -0.2) is 4.79 Å². The molecule has 2 N–H and O–H groups in total. The number of carboxylic acid groups (broad SMARTS) is 1. The predicted molar refractivity (Wildman–Crippen MR) is 86.8 cm³/mol. The number of piperidine rings is 1. The maximum absolute atomic E-state index is 12.5. The number of likely N-dealkylation sites (tertiary alicyclic amines) is 1. The topological polar surface area (TPSA) is 78.9 Å². The van der Waals surface area contributed by atoms with Crippen molar-refractivity contribution in [2.45, 2.75) is 19.5 Å². The van der Waals surface area contributed by atoms with Gasteiger partial charge in [0.25, 0.3) is 0 Å². The largest absolute Gasteiger partial charge is 0.492 e. The van der Waals surface area contributed by atoms with Crippen LogP contribution in [0.3, 0.4) is 0 Å². The second-order valence-electron chi connectivity index (χ2n) is 6.38. The lowest BCUT2D eigenvalue weighted by molar-refractivity contribution is -0.143. The molecule has 6 nitrogen and oxygen atoms in total. The van der Waals surface area contributed by atoms with E-state index in [9.17, 15) is 22.8 Å². The van der Waals surface area contributed by atoms with E-state index in [0.29, 0.717) is 13.0 Å². The number of nitrogens with one attached hydrogen (secondary N) is 1. The van der Waals surface area contributed by atoms with E-state index < -0.39 is 23.6 Å². The minimum Gasteiger partial charge on any atom is -0.492 e. The van der Waals surface area contributed by atoms with Gasteiger partial charge in [-0.15, -0.1) is 0 Å².